The maximum Gasteiger partial charge on any atom is 0.405 e. The predicted molar refractivity (Wildman–Crippen MR) is 89.2 cm³/mol. The minimum atomic E-state index is -4.45. The molecule has 1 fully saturated rings. The Labute approximate surface area is 147 Å². The SMILES string of the molecule is CC(C)N(C)CCCCNC(=O)N1CCCC1C(=O)NCC(F)(F)F. The highest BCUT2D eigenvalue weighted by Crippen LogP contribution is 2.18. The molecule has 1 saturated heterocycles. The Morgan fingerprint density at radius 3 is 2.52 bits per heavy atom. The van der Waals surface area contributed by atoms with Gasteiger partial charge in [-0.25, -0.2) is 4.79 Å². The van der Waals surface area contributed by atoms with Crippen molar-refractivity contribution in [1.82, 2.24) is 20.4 Å². The van der Waals surface area contributed by atoms with Gasteiger partial charge in [0, 0.05) is 19.1 Å². The number of rotatable bonds is 8. The first-order valence-corrected chi connectivity index (χ1v) is 8.71. The Kier molecular flexibility index (Phi) is 8.47. The fourth-order valence-corrected chi connectivity index (χ4v) is 2.63. The highest BCUT2D eigenvalue weighted by atomic mass is 19.4. The molecule has 25 heavy (non-hydrogen) atoms. The standard InChI is InChI=1S/C16H29F3N4O2/c1-12(2)22(3)9-5-4-8-20-15(25)23-10-6-7-13(23)14(24)21-11-16(17,18)19/h12-13H,4-11H2,1-3H3,(H,20,25)(H,21,24). The number of nitrogens with one attached hydrogen (secondary N) is 2. The Morgan fingerprint density at radius 1 is 1.24 bits per heavy atom. The van der Waals surface area contributed by atoms with E-state index >= 15 is 0 Å². The molecule has 0 aromatic carbocycles. The van der Waals surface area contributed by atoms with Crippen LogP contribution in [0.25, 0.3) is 0 Å². The number of carbonyl (C=O) groups excluding carboxylic acids is 2. The van der Waals surface area contributed by atoms with Gasteiger partial charge in [-0.15, -0.1) is 0 Å². The van der Waals surface area contributed by atoms with Crippen molar-refractivity contribution in [2.45, 2.75) is 57.8 Å². The summed E-state index contributed by atoms with van der Waals surface area (Å²) in [5, 5.41) is 4.61. The van der Waals surface area contributed by atoms with Gasteiger partial charge in [0.2, 0.25) is 5.91 Å². The lowest BCUT2D eigenvalue weighted by molar-refractivity contribution is -0.140. The maximum absolute atomic E-state index is 12.2. The molecule has 1 atom stereocenters. The second kappa shape index (κ2) is 9.84. The van der Waals surface area contributed by atoms with Crippen molar-refractivity contribution in [3.63, 3.8) is 0 Å². The molecule has 0 aromatic rings. The number of alkyl halides is 3. The summed E-state index contributed by atoms with van der Waals surface area (Å²) in [5.41, 5.74) is 0. The molecule has 1 heterocycles. The van der Waals surface area contributed by atoms with Crippen LogP contribution in [-0.2, 0) is 4.79 Å². The van der Waals surface area contributed by atoms with Crippen molar-refractivity contribution >= 4 is 11.9 Å². The molecule has 6 nitrogen and oxygen atoms in total. The summed E-state index contributed by atoms with van der Waals surface area (Å²) in [6.07, 6.45) is -1.72. The molecule has 2 N–H and O–H groups in total. The minimum absolute atomic E-state index is 0.381. The van der Waals surface area contributed by atoms with Crippen LogP contribution in [0.4, 0.5) is 18.0 Å². The summed E-state index contributed by atoms with van der Waals surface area (Å²) in [4.78, 5) is 27.6. The number of nitrogens with zero attached hydrogens (tertiary/aromatic N) is 2. The fourth-order valence-electron chi connectivity index (χ4n) is 2.63. The van der Waals surface area contributed by atoms with Crippen molar-refractivity contribution in [2.75, 3.05) is 33.2 Å². The zero-order valence-corrected chi connectivity index (χ0v) is 15.2. The van der Waals surface area contributed by atoms with E-state index in [1.807, 2.05) is 12.4 Å². The van der Waals surface area contributed by atoms with E-state index in [9.17, 15) is 22.8 Å². The van der Waals surface area contributed by atoms with Crippen LogP contribution in [-0.4, -0.2) is 73.2 Å². The first kappa shape index (κ1) is 21.5. The summed E-state index contributed by atoms with van der Waals surface area (Å²) in [7, 11) is 2.04. The van der Waals surface area contributed by atoms with Crippen LogP contribution < -0.4 is 10.6 Å². The molecule has 0 aromatic heterocycles. The van der Waals surface area contributed by atoms with E-state index in [-0.39, 0.29) is 6.03 Å². The van der Waals surface area contributed by atoms with Gasteiger partial charge in [-0.3, -0.25) is 4.79 Å². The van der Waals surface area contributed by atoms with Crippen molar-refractivity contribution in [3.8, 4) is 0 Å². The summed E-state index contributed by atoms with van der Waals surface area (Å²) in [6.45, 7) is 4.64. The number of hydrogen-bond donors (Lipinski definition) is 2. The Balaban J connectivity index is 2.32. The molecule has 146 valence electrons. The van der Waals surface area contributed by atoms with Crippen LogP contribution in [0, 0.1) is 0 Å². The van der Waals surface area contributed by atoms with Gasteiger partial charge in [0.1, 0.15) is 12.6 Å². The number of likely N-dealkylation sites (tertiary alicyclic amines) is 1. The average Bonchev–Trinajstić information content (AvgIpc) is 3.00. The summed E-state index contributed by atoms with van der Waals surface area (Å²) >= 11 is 0. The van der Waals surface area contributed by atoms with E-state index in [0.717, 1.165) is 19.4 Å². The van der Waals surface area contributed by atoms with Crippen LogP contribution in [0.3, 0.4) is 0 Å². The van der Waals surface area contributed by atoms with Gasteiger partial charge >= 0.3 is 12.2 Å². The quantitative estimate of drug-likeness (QED) is 0.646. The van der Waals surface area contributed by atoms with E-state index in [1.165, 1.54) is 4.90 Å². The smallest absolute Gasteiger partial charge is 0.345 e. The summed E-state index contributed by atoms with van der Waals surface area (Å²) in [6, 6.07) is -0.744. The Hall–Kier alpha value is -1.51. The molecule has 1 unspecified atom stereocenters. The maximum atomic E-state index is 12.2. The molecular formula is C16H29F3N4O2. The van der Waals surface area contributed by atoms with E-state index in [0.29, 0.717) is 32.0 Å². The van der Waals surface area contributed by atoms with E-state index in [1.54, 1.807) is 0 Å². The van der Waals surface area contributed by atoms with Gasteiger partial charge in [-0.05, 0) is 53.1 Å². The molecule has 1 rings (SSSR count). The van der Waals surface area contributed by atoms with Crippen LogP contribution in [0.5, 0.6) is 0 Å². The third-order valence-electron chi connectivity index (χ3n) is 4.37. The molecule has 0 spiro atoms. The second-order valence-electron chi connectivity index (χ2n) is 6.70. The van der Waals surface area contributed by atoms with Gasteiger partial charge in [0.25, 0.3) is 0 Å². The second-order valence-corrected chi connectivity index (χ2v) is 6.70. The fraction of sp³-hybridized carbons (Fsp3) is 0.875. The monoisotopic (exact) mass is 366 g/mol. The minimum Gasteiger partial charge on any atom is -0.345 e. The molecular weight excluding hydrogens is 337 g/mol. The third kappa shape index (κ3) is 7.94. The lowest BCUT2D eigenvalue weighted by Gasteiger charge is -2.24. The van der Waals surface area contributed by atoms with Crippen LogP contribution in [0.15, 0.2) is 0 Å². The van der Waals surface area contributed by atoms with E-state index < -0.39 is 24.7 Å². The predicted octanol–water partition coefficient (Wildman–Crippen LogP) is 1.96. The molecule has 1 aliphatic rings. The van der Waals surface area contributed by atoms with Crippen molar-refractivity contribution in [3.05, 3.63) is 0 Å². The first-order chi connectivity index (χ1) is 11.6. The number of halogens is 3. The van der Waals surface area contributed by atoms with Gasteiger partial charge in [-0.2, -0.15) is 13.2 Å². The molecule has 0 aliphatic carbocycles. The Bertz CT molecular complexity index is 444. The zero-order chi connectivity index (χ0) is 19.0. The van der Waals surface area contributed by atoms with Gasteiger partial charge in [0.05, 0.1) is 0 Å². The number of carbonyl (C=O) groups is 2. The average molecular weight is 366 g/mol. The van der Waals surface area contributed by atoms with Crippen molar-refractivity contribution in [2.24, 2.45) is 0 Å². The van der Waals surface area contributed by atoms with Crippen molar-refractivity contribution < 1.29 is 22.8 Å². The van der Waals surface area contributed by atoms with Gasteiger partial charge in [-0.1, -0.05) is 0 Å². The van der Waals surface area contributed by atoms with Crippen LogP contribution in [0.2, 0.25) is 0 Å². The molecule has 1 aliphatic heterocycles. The topological polar surface area (TPSA) is 64.7 Å². The number of hydrogen-bond acceptors (Lipinski definition) is 3. The van der Waals surface area contributed by atoms with Crippen LogP contribution in [0.1, 0.15) is 39.5 Å². The van der Waals surface area contributed by atoms with Gasteiger partial charge in [0.15, 0.2) is 0 Å². The molecule has 0 saturated carbocycles. The normalized spacial score (nSPS) is 18.1. The summed E-state index contributed by atoms with van der Waals surface area (Å²) in [5.74, 6) is -0.747. The highest BCUT2D eigenvalue weighted by molar-refractivity contribution is 5.87. The lowest BCUT2D eigenvalue weighted by Crippen LogP contribution is -2.51. The van der Waals surface area contributed by atoms with Crippen LogP contribution >= 0.6 is 0 Å². The molecule has 0 radical (unpaired) electrons. The van der Waals surface area contributed by atoms with Gasteiger partial charge < -0.3 is 20.4 Å². The highest BCUT2D eigenvalue weighted by Gasteiger charge is 2.36. The summed E-state index contributed by atoms with van der Waals surface area (Å²) < 4.78 is 36.6. The van der Waals surface area contributed by atoms with E-state index in [2.05, 4.69) is 24.1 Å². The molecule has 0 bridgehead atoms. The number of urea groups is 1. The third-order valence-corrected chi connectivity index (χ3v) is 4.37. The molecule has 3 amide bonds. The largest absolute Gasteiger partial charge is 0.405 e. The van der Waals surface area contributed by atoms with Crippen molar-refractivity contribution in [1.29, 1.82) is 0 Å². The first-order valence-electron chi connectivity index (χ1n) is 8.71. The number of unbranched alkanes of at least 4 members (excludes halogenated alkanes) is 1. The molecule has 9 heteroatoms. The number of amides is 3. The van der Waals surface area contributed by atoms with E-state index in [4.69, 9.17) is 0 Å². The Morgan fingerprint density at radius 2 is 1.92 bits per heavy atom. The zero-order valence-electron chi connectivity index (χ0n) is 15.2. The lowest BCUT2D eigenvalue weighted by atomic mass is 10.2.